The zero-order valence-electron chi connectivity index (χ0n) is 10.5. The van der Waals surface area contributed by atoms with Gasteiger partial charge < -0.3 is 4.40 Å². The molecule has 0 bridgehead atoms. The van der Waals surface area contributed by atoms with Crippen LogP contribution in [0.4, 0.5) is 13.2 Å². The van der Waals surface area contributed by atoms with Gasteiger partial charge in [0, 0.05) is 18.0 Å². The van der Waals surface area contributed by atoms with Gasteiger partial charge in [0.1, 0.15) is 5.69 Å². The van der Waals surface area contributed by atoms with E-state index in [9.17, 15) is 18.0 Å². The monoisotopic (exact) mass is 291 g/mol. The fourth-order valence-electron chi connectivity index (χ4n) is 1.98. The third-order valence-electron chi connectivity index (χ3n) is 2.97. The summed E-state index contributed by atoms with van der Waals surface area (Å²) in [5.41, 5.74) is 0.656. The number of carbonyl (C=O) groups is 1. The number of imidazole rings is 1. The highest BCUT2D eigenvalue weighted by Crippen LogP contribution is 2.31. The number of carbonyl (C=O) groups excluding carboxylic acids is 1. The maximum Gasteiger partial charge on any atom is 0.416 e. The molecule has 0 atom stereocenters. The fraction of sp³-hybridized carbons (Fsp3) is 0.0714. The second kappa shape index (κ2) is 4.69. The van der Waals surface area contributed by atoms with Gasteiger partial charge in [-0.1, -0.05) is 12.1 Å². The van der Waals surface area contributed by atoms with Crippen LogP contribution >= 0.6 is 0 Å². The quantitative estimate of drug-likeness (QED) is 0.681. The summed E-state index contributed by atoms with van der Waals surface area (Å²) >= 11 is 0. The van der Waals surface area contributed by atoms with E-state index >= 15 is 0 Å². The zero-order valence-corrected chi connectivity index (χ0v) is 10.5. The smallest absolute Gasteiger partial charge is 0.303 e. The third kappa shape index (κ3) is 2.49. The van der Waals surface area contributed by atoms with Crippen LogP contribution in [0.25, 0.3) is 16.9 Å². The van der Waals surface area contributed by atoms with Gasteiger partial charge in [0.2, 0.25) is 0 Å². The summed E-state index contributed by atoms with van der Waals surface area (Å²) in [6, 6.07) is 4.91. The van der Waals surface area contributed by atoms with E-state index in [1.807, 2.05) is 0 Å². The lowest BCUT2D eigenvalue weighted by Crippen LogP contribution is -2.04. The second-order valence-corrected chi connectivity index (χ2v) is 4.40. The Kier molecular flexibility index (Phi) is 2.97. The molecule has 1 aromatic carbocycles. The van der Waals surface area contributed by atoms with Crippen molar-refractivity contribution in [3.8, 4) is 11.3 Å². The van der Waals surface area contributed by atoms with Crippen LogP contribution in [0.5, 0.6) is 0 Å². The first-order valence-electron chi connectivity index (χ1n) is 5.95. The number of nitrogens with zero attached hydrogens (tertiary/aromatic N) is 3. The van der Waals surface area contributed by atoms with Crippen LogP contribution in [-0.2, 0) is 6.18 Å². The lowest BCUT2D eigenvalue weighted by Gasteiger charge is -2.08. The van der Waals surface area contributed by atoms with Gasteiger partial charge in [0.25, 0.3) is 0 Å². The minimum absolute atomic E-state index is 0.234. The molecule has 7 heteroatoms. The summed E-state index contributed by atoms with van der Waals surface area (Å²) in [4.78, 5) is 18.7. The third-order valence-corrected chi connectivity index (χ3v) is 2.97. The molecule has 2 heterocycles. The summed E-state index contributed by atoms with van der Waals surface area (Å²) in [6.45, 7) is 0. The predicted octanol–water partition coefficient (Wildman–Crippen LogP) is 3.23. The molecular formula is C14H8F3N3O. The number of benzene rings is 1. The van der Waals surface area contributed by atoms with E-state index in [2.05, 4.69) is 9.97 Å². The van der Waals surface area contributed by atoms with E-state index in [1.165, 1.54) is 24.7 Å². The van der Waals surface area contributed by atoms with E-state index in [0.29, 0.717) is 23.2 Å². The van der Waals surface area contributed by atoms with Crippen LogP contribution in [0, 0.1) is 0 Å². The molecule has 0 N–H and O–H groups in total. The van der Waals surface area contributed by atoms with Crippen molar-refractivity contribution in [3.05, 3.63) is 54.1 Å². The number of halogens is 3. The number of fused-ring (bicyclic) bond motifs is 1. The first-order valence-corrected chi connectivity index (χ1v) is 5.95. The highest BCUT2D eigenvalue weighted by molar-refractivity contribution is 5.73. The highest BCUT2D eigenvalue weighted by Gasteiger charge is 2.30. The minimum Gasteiger partial charge on any atom is -0.303 e. The van der Waals surface area contributed by atoms with Gasteiger partial charge >= 0.3 is 6.18 Å². The molecule has 0 aliphatic rings. The summed E-state index contributed by atoms with van der Waals surface area (Å²) < 4.78 is 39.7. The average Bonchev–Trinajstić information content (AvgIpc) is 2.88. The van der Waals surface area contributed by atoms with Gasteiger partial charge in [-0.3, -0.25) is 9.78 Å². The van der Waals surface area contributed by atoms with Gasteiger partial charge in [0.15, 0.2) is 11.9 Å². The van der Waals surface area contributed by atoms with Crippen molar-refractivity contribution >= 4 is 11.9 Å². The van der Waals surface area contributed by atoms with Crippen LogP contribution in [0.2, 0.25) is 0 Å². The van der Waals surface area contributed by atoms with Crippen molar-refractivity contribution in [2.75, 3.05) is 0 Å². The lowest BCUT2D eigenvalue weighted by atomic mass is 10.1. The van der Waals surface area contributed by atoms with Crippen LogP contribution in [0.1, 0.15) is 16.1 Å². The Morgan fingerprint density at radius 1 is 1.19 bits per heavy atom. The zero-order chi connectivity index (χ0) is 15.0. The maximum atomic E-state index is 12.7. The Morgan fingerprint density at radius 2 is 2.00 bits per heavy atom. The van der Waals surface area contributed by atoms with E-state index < -0.39 is 11.7 Å². The summed E-state index contributed by atoms with van der Waals surface area (Å²) in [5.74, 6) is 0. The molecule has 3 aromatic rings. The number of aromatic nitrogens is 3. The Labute approximate surface area is 116 Å². The van der Waals surface area contributed by atoms with Crippen molar-refractivity contribution in [3.63, 3.8) is 0 Å². The Bertz CT molecular complexity index is 824. The molecule has 4 nitrogen and oxygen atoms in total. The molecular weight excluding hydrogens is 283 g/mol. The van der Waals surface area contributed by atoms with Crippen molar-refractivity contribution in [2.45, 2.75) is 6.18 Å². The molecule has 0 saturated heterocycles. The Hall–Kier alpha value is -2.70. The topological polar surface area (TPSA) is 47.3 Å². The maximum absolute atomic E-state index is 12.7. The largest absolute Gasteiger partial charge is 0.416 e. The first kappa shape index (κ1) is 13.3. The molecule has 0 aliphatic heterocycles. The molecule has 0 aliphatic carbocycles. The van der Waals surface area contributed by atoms with Crippen LogP contribution in [0.3, 0.4) is 0 Å². The lowest BCUT2D eigenvalue weighted by molar-refractivity contribution is -0.137. The van der Waals surface area contributed by atoms with E-state index in [4.69, 9.17) is 0 Å². The van der Waals surface area contributed by atoms with Gasteiger partial charge in [-0.2, -0.15) is 13.2 Å². The number of alkyl halides is 3. The highest BCUT2D eigenvalue weighted by atomic mass is 19.4. The minimum atomic E-state index is -4.40. The van der Waals surface area contributed by atoms with Gasteiger partial charge in [-0.25, -0.2) is 4.98 Å². The summed E-state index contributed by atoms with van der Waals surface area (Å²) in [7, 11) is 0. The SMILES string of the molecule is O=Cc1cn2cc(-c3cccc(C(F)(F)F)c3)ncc2n1. The van der Waals surface area contributed by atoms with Crippen molar-refractivity contribution in [1.29, 1.82) is 0 Å². The van der Waals surface area contributed by atoms with Gasteiger partial charge in [-0.05, 0) is 12.1 Å². The normalized spacial score (nSPS) is 11.8. The predicted molar refractivity (Wildman–Crippen MR) is 68.8 cm³/mol. The Balaban J connectivity index is 2.09. The number of hydrogen-bond donors (Lipinski definition) is 0. The molecule has 0 radical (unpaired) electrons. The molecule has 0 amide bonds. The van der Waals surface area contributed by atoms with Gasteiger partial charge in [-0.15, -0.1) is 0 Å². The summed E-state index contributed by atoms with van der Waals surface area (Å²) in [5, 5.41) is 0. The van der Waals surface area contributed by atoms with Crippen molar-refractivity contribution < 1.29 is 18.0 Å². The molecule has 0 saturated carbocycles. The van der Waals surface area contributed by atoms with Crippen LogP contribution in [0.15, 0.2) is 42.9 Å². The molecule has 0 fully saturated rings. The van der Waals surface area contributed by atoms with Crippen LogP contribution < -0.4 is 0 Å². The molecule has 21 heavy (non-hydrogen) atoms. The Morgan fingerprint density at radius 3 is 2.71 bits per heavy atom. The number of hydrogen-bond acceptors (Lipinski definition) is 3. The average molecular weight is 291 g/mol. The molecule has 0 spiro atoms. The fourth-order valence-corrected chi connectivity index (χ4v) is 1.98. The van der Waals surface area contributed by atoms with E-state index in [1.54, 1.807) is 10.5 Å². The second-order valence-electron chi connectivity index (χ2n) is 4.40. The number of rotatable bonds is 2. The first-order chi connectivity index (χ1) is 9.97. The molecule has 2 aromatic heterocycles. The summed E-state index contributed by atoms with van der Waals surface area (Å²) in [6.07, 6.45) is 0.616. The standard InChI is InChI=1S/C14H8F3N3O/c15-14(16,17)10-3-1-2-9(4-10)12-7-20-6-11(8-21)19-13(20)5-18-12/h1-8H. The molecule has 0 unspecified atom stereocenters. The molecule has 3 rings (SSSR count). The van der Waals surface area contributed by atoms with E-state index in [0.717, 1.165) is 12.1 Å². The van der Waals surface area contributed by atoms with Crippen LogP contribution in [-0.4, -0.2) is 20.7 Å². The van der Waals surface area contributed by atoms with Crippen molar-refractivity contribution in [1.82, 2.24) is 14.4 Å². The van der Waals surface area contributed by atoms with Gasteiger partial charge in [0.05, 0.1) is 17.5 Å². The van der Waals surface area contributed by atoms with Crippen molar-refractivity contribution in [2.24, 2.45) is 0 Å². The number of aldehydes is 1. The van der Waals surface area contributed by atoms with E-state index in [-0.39, 0.29) is 5.69 Å². The molecule has 106 valence electrons.